The summed E-state index contributed by atoms with van der Waals surface area (Å²) >= 11 is 0. The molecule has 0 atom stereocenters. The third-order valence-electron chi connectivity index (χ3n) is 2.21. The number of hydrogen-bond acceptors (Lipinski definition) is 4. The van der Waals surface area contributed by atoms with Gasteiger partial charge in [0, 0.05) is 19.3 Å². The minimum Gasteiger partial charge on any atom is -0.396 e. The van der Waals surface area contributed by atoms with Crippen LogP contribution in [0, 0.1) is 18.3 Å². The van der Waals surface area contributed by atoms with Crippen molar-refractivity contribution >= 4 is 11.5 Å². The van der Waals surface area contributed by atoms with Gasteiger partial charge in [-0.15, -0.1) is 0 Å². The highest BCUT2D eigenvalue weighted by atomic mass is 15.2. The lowest BCUT2D eigenvalue weighted by Gasteiger charge is -2.22. The third kappa shape index (κ3) is 2.84. The Hall–Kier alpha value is -1.76. The second-order valence-corrected chi connectivity index (χ2v) is 3.41. The largest absolute Gasteiger partial charge is 0.396 e. The summed E-state index contributed by atoms with van der Waals surface area (Å²) in [6.07, 6.45) is 2.28. The number of nitrogens with two attached hydrogens (primary N) is 1. The molecule has 4 nitrogen and oxygen atoms in total. The van der Waals surface area contributed by atoms with Crippen LogP contribution >= 0.6 is 0 Å². The first-order valence-corrected chi connectivity index (χ1v) is 5.03. The monoisotopic (exact) mass is 204 g/mol. The van der Waals surface area contributed by atoms with E-state index in [4.69, 9.17) is 11.0 Å². The zero-order valence-electron chi connectivity index (χ0n) is 9.20. The van der Waals surface area contributed by atoms with E-state index < -0.39 is 0 Å². The molecule has 0 aliphatic rings. The summed E-state index contributed by atoms with van der Waals surface area (Å²) in [5.74, 6) is 0.776. The summed E-state index contributed by atoms with van der Waals surface area (Å²) in [5.41, 5.74) is 7.61. The van der Waals surface area contributed by atoms with Crippen molar-refractivity contribution in [1.82, 2.24) is 4.98 Å². The molecule has 0 aromatic carbocycles. The van der Waals surface area contributed by atoms with Crippen LogP contribution in [0.5, 0.6) is 0 Å². The summed E-state index contributed by atoms with van der Waals surface area (Å²) < 4.78 is 0. The average molecular weight is 204 g/mol. The minimum atomic E-state index is 0.489. The highest BCUT2D eigenvalue weighted by Crippen LogP contribution is 2.20. The molecule has 0 amide bonds. The van der Waals surface area contributed by atoms with Gasteiger partial charge in [0.15, 0.2) is 5.82 Å². The van der Waals surface area contributed by atoms with Crippen LogP contribution in [0.1, 0.15) is 18.9 Å². The van der Waals surface area contributed by atoms with E-state index in [0.717, 1.165) is 17.9 Å². The van der Waals surface area contributed by atoms with Crippen LogP contribution in [-0.2, 0) is 0 Å². The summed E-state index contributed by atoms with van der Waals surface area (Å²) in [6, 6.07) is 4.02. The fourth-order valence-corrected chi connectivity index (χ4v) is 1.45. The first-order chi connectivity index (χ1) is 7.19. The Balaban J connectivity index is 2.87. The van der Waals surface area contributed by atoms with Crippen molar-refractivity contribution in [2.75, 3.05) is 23.7 Å². The maximum absolute atomic E-state index is 8.54. The van der Waals surface area contributed by atoms with Gasteiger partial charge in [-0.25, -0.2) is 4.98 Å². The molecule has 0 bridgehead atoms. The zero-order valence-corrected chi connectivity index (χ0v) is 9.20. The Morgan fingerprint density at radius 1 is 1.60 bits per heavy atom. The standard InChI is InChI=1S/C11H16N4/c1-3-15(6-4-5-12)11-10(13)7-9(2)8-14-11/h7-8H,3-4,6,13H2,1-2H3. The fourth-order valence-electron chi connectivity index (χ4n) is 1.45. The maximum Gasteiger partial charge on any atom is 0.151 e. The van der Waals surface area contributed by atoms with Gasteiger partial charge in [0.2, 0.25) is 0 Å². The molecule has 0 saturated heterocycles. The first kappa shape index (κ1) is 11.3. The molecular weight excluding hydrogens is 188 g/mol. The molecule has 0 saturated carbocycles. The Morgan fingerprint density at radius 2 is 2.33 bits per heavy atom. The van der Waals surface area contributed by atoms with Gasteiger partial charge in [-0.2, -0.15) is 5.26 Å². The lowest BCUT2D eigenvalue weighted by molar-refractivity contribution is 0.812. The van der Waals surface area contributed by atoms with E-state index in [0.29, 0.717) is 18.7 Å². The maximum atomic E-state index is 8.54. The molecular formula is C11H16N4. The molecule has 0 unspecified atom stereocenters. The summed E-state index contributed by atoms with van der Waals surface area (Å²) in [4.78, 5) is 6.31. The lowest BCUT2D eigenvalue weighted by Crippen LogP contribution is -2.25. The van der Waals surface area contributed by atoms with Gasteiger partial charge in [-0.05, 0) is 25.5 Å². The molecule has 4 heteroatoms. The van der Waals surface area contributed by atoms with Crippen LogP contribution in [0.3, 0.4) is 0 Å². The second kappa shape index (κ2) is 5.20. The van der Waals surface area contributed by atoms with Gasteiger partial charge in [-0.1, -0.05) is 0 Å². The van der Waals surface area contributed by atoms with Crippen LogP contribution in [0.2, 0.25) is 0 Å². The molecule has 1 aromatic heterocycles. The first-order valence-electron chi connectivity index (χ1n) is 5.03. The molecule has 0 aliphatic carbocycles. The smallest absolute Gasteiger partial charge is 0.151 e. The summed E-state index contributed by atoms with van der Waals surface area (Å²) in [6.45, 7) is 5.46. The molecule has 15 heavy (non-hydrogen) atoms. The Kier molecular flexibility index (Phi) is 3.92. The van der Waals surface area contributed by atoms with E-state index in [1.54, 1.807) is 6.20 Å². The number of nitrogen functional groups attached to an aromatic ring is 1. The van der Waals surface area contributed by atoms with Gasteiger partial charge >= 0.3 is 0 Å². The quantitative estimate of drug-likeness (QED) is 0.810. The summed E-state index contributed by atoms with van der Waals surface area (Å²) in [5, 5.41) is 8.54. The van der Waals surface area contributed by atoms with Crippen molar-refractivity contribution in [2.24, 2.45) is 0 Å². The number of anilines is 2. The number of aryl methyl sites for hydroxylation is 1. The van der Waals surface area contributed by atoms with Gasteiger partial charge in [0.25, 0.3) is 0 Å². The van der Waals surface area contributed by atoms with Gasteiger partial charge in [0.1, 0.15) is 0 Å². The highest BCUT2D eigenvalue weighted by molar-refractivity contribution is 5.63. The number of aromatic nitrogens is 1. The van der Waals surface area contributed by atoms with Crippen LogP contribution in [0.15, 0.2) is 12.3 Å². The average Bonchev–Trinajstić information content (AvgIpc) is 2.21. The van der Waals surface area contributed by atoms with Crippen molar-refractivity contribution < 1.29 is 0 Å². The number of pyridine rings is 1. The van der Waals surface area contributed by atoms with Crippen LogP contribution in [0.4, 0.5) is 11.5 Å². The molecule has 1 aromatic rings. The molecule has 1 rings (SSSR count). The fraction of sp³-hybridized carbons (Fsp3) is 0.455. The third-order valence-corrected chi connectivity index (χ3v) is 2.21. The van der Waals surface area contributed by atoms with Crippen LogP contribution < -0.4 is 10.6 Å². The molecule has 80 valence electrons. The Bertz CT molecular complexity index is 367. The van der Waals surface area contributed by atoms with Crippen molar-refractivity contribution in [3.8, 4) is 6.07 Å². The number of nitriles is 1. The normalized spacial score (nSPS) is 9.67. The zero-order chi connectivity index (χ0) is 11.3. The predicted octanol–water partition coefficient (Wildman–Crippen LogP) is 1.71. The highest BCUT2D eigenvalue weighted by Gasteiger charge is 2.08. The van der Waals surface area contributed by atoms with Crippen molar-refractivity contribution in [2.45, 2.75) is 20.3 Å². The van der Waals surface area contributed by atoms with E-state index >= 15 is 0 Å². The Morgan fingerprint density at radius 3 is 2.87 bits per heavy atom. The van der Waals surface area contributed by atoms with E-state index in [-0.39, 0.29) is 0 Å². The summed E-state index contributed by atoms with van der Waals surface area (Å²) in [7, 11) is 0. The van der Waals surface area contributed by atoms with E-state index in [2.05, 4.69) is 11.1 Å². The molecule has 0 radical (unpaired) electrons. The van der Waals surface area contributed by atoms with Gasteiger partial charge < -0.3 is 10.6 Å². The van der Waals surface area contributed by atoms with Gasteiger partial charge in [-0.3, -0.25) is 0 Å². The molecule has 2 N–H and O–H groups in total. The number of nitrogens with zero attached hydrogens (tertiary/aromatic N) is 3. The Labute approximate surface area is 90.3 Å². The van der Waals surface area contributed by atoms with Crippen LogP contribution in [0.25, 0.3) is 0 Å². The molecule has 0 aliphatic heterocycles. The van der Waals surface area contributed by atoms with Crippen molar-refractivity contribution in [3.05, 3.63) is 17.8 Å². The van der Waals surface area contributed by atoms with Crippen LogP contribution in [-0.4, -0.2) is 18.1 Å². The topological polar surface area (TPSA) is 65.9 Å². The number of hydrogen-bond donors (Lipinski definition) is 1. The SMILES string of the molecule is CCN(CCC#N)c1ncc(C)cc1N. The van der Waals surface area contributed by atoms with Crippen molar-refractivity contribution in [3.63, 3.8) is 0 Å². The van der Waals surface area contributed by atoms with E-state index in [1.807, 2.05) is 24.8 Å². The number of rotatable bonds is 4. The second-order valence-electron chi connectivity index (χ2n) is 3.41. The van der Waals surface area contributed by atoms with E-state index in [9.17, 15) is 0 Å². The minimum absolute atomic E-state index is 0.489. The van der Waals surface area contributed by atoms with Crippen molar-refractivity contribution in [1.29, 1.82) is 5.26 Å². The molecule has 0 fully saturated rings. The molecule has 1 heterocycles. The lowest BCUT2D eigenvalue weighted by atomic mass is 10.2. The predicted molar refractivity (Wildman–Crippen MR) is 61.5 cm³/mol. The molecule has 0 spiro atoms. The van der Waals surface area contributed by atoms with Gasteiger partial charge in [0.05, 0.1) is 18.2 Å². The van der Waals surface area contributed by atoms with E-state index in [1.165, 1.54) is 0 Å².